The van der Waals surface area contributed by atoms with Crippen molar-refractivity contribution in [1.82, 2.24) is 4.90 Å². The van der Waals surface area contributed by atoms with Gasteiger partial charge < -0.3 is 15.4 Å². The molecule has 0 bridgehead atoms. The zero-order valence-corrected chi connectivity index (χ0v) is 12.7. The minimum Gasteiger partial charge on any atom is -0.375 e. The predicted octanol–water partition coefficient (Wildman–Crippen LogP) is 2.37. The summed E-state index contributed by atoms with van der Waals surface area (Å²) in [6.45, 7) is 4.16. The van der Waals surface area contributed by atoms with Gasteiger partial charge in [0.25, 0.3) is 0 Å². The van der Waals surface area contributed by atoms with Crippen LogP contribution in [0.15, 0.2) is 23.2 Å². The number of halogens is 2. The number of hydrogen-bond acceptors (Lipinski definition) is 2. The summed E-state index contributed by atoms with van der Waals surface area (Å²) < 4.78 is 19.3. The molecule has 2 fully saturated rings. The summed E-state index contributed by atoms with van der Waals surface area (Å²) >= 11 is 6.09. The summed E-state index contributed by atoms with van der Waals surface area (Å²) in [7, 11) is 0. The van der Waals surface area contributed by atoms with Crippen molar-refractivity contribution in [2.75, 3.05) is 19.7 Å². The number of benzene rings is 1. The topological polar surface area (TPSA) is 50.8 Å². The van der Waals surface area contributed by atoms with Crippen molar-refractivity contribution in [3.63, 3.8) is 0 Å². The van der Waals surface area contributed by atoms with Crippen LogP contribution < -0.4 is 5.73 Å². The van der Waals surface area contributed by atoms with Gasteiger partial charge in [-0.05, 0) is 25.5 Å². The molecule has 1 heterocycles. The van der Waals surface area contributed by atoms with Gasteiger partial charge in [-0.15, -0.1) is 0 Å². The second-order valence-electron chi connectivity index (χ2n) is 5.66. The van der Waals surface area contributed by atoms with E-state index in [-0.39, 0.29) is 23.9 Å². The van der Waals surface area contributed by atoms with E-state index in [9.17, 15) is 4.39 Å². The third-order valence-electron chi connectivity index (χ3n) is 3.99. The molecule has 0 aromatic heterocycles. The van der Waals surface area contributed by atoms with Gasteiger partial charge in [-0.1, -0.05) is 17.7 Å². The van der Waals surface area contributed by atoms with E-state index in [4.69, 9.17) is 22.1 Å². The van der Waals surface area contributed by atoms with E-state index in [1.807, 2.05) is 11.8 Å². The quantitative estimate of drug-likeness (QED) is 0.674. The van der Waals surface area contributed by atoms with Crippen molar-refractivity contribution in [3.8, 4) is 0 Å². The Labute approximate surface area is 128 Å². The van der Waals surface area contributed by atoms with E-state index >= 15 is 0 Å². The van der Waals surface area contributed by atoms with Crippen molar-refractivity contribution >= 4 is 17.6 Å². The van der Waals surface area contributed by atoms with Crippen molar-refractivity contribution < 1.29 is 9.13 Å². The van der Waals surface area contributed by atoms with E-state index in [1.165, 1.54) is 6.07 Å². The lowest BCUT2D eigenvalue weighted by Crippen LogP contribution is -2.48. The Balaban J connectivity index is 1.69. The maximum atomic E-state index is 13.9. The first-order valence-corrected chi connectivity index (χ1v) is 7.57. The summed E-state index contributed by atoms with van der Waals surface area (Å²) in [6.07, 6.45) is 0.949. The SMILES string of the molecule is CC1CN(C(N)=N[C@@H]2C[C@H]2c2c(F)cccc2Cl)CCO1. The monoisotopic (exact) mass is 311 g/mol. The lowest BCUT2D eigenvalue weighted by Gasteiger charge is -2.31. The number of guanidine groups is 1. The van der Waals surface area contributed by atoms with Gasteiger partial charge in [0, 0.05) is 29.6 Å². The average molecular weight is 312 g/mol. The molecule has 1 unspecified atom stereocenters. The zero-order chi connectivity index (χ0) is 15.0. The van der Waals surface area contributed by atoms with Gasteiger partial charge >= 0.3 is 0 Å². The van der Waals surface area contributed by atoms with Gasteiger partial charge in [0.2, 0.25) is 0 Å². The molecule has 1 saturated heterocycles. The molecule has 1 aliphatic carbocycles. The molecular formula is C15H19ClFN3O. The summed E-state index contributed by atoms with van der Waals surface area (Å²) in [4.78, 5) is 6.55. The highest BCUT2D eigenvalue weighted by Crippen LogP contribution is 2.47. The zero-order valence-electron chi connectivity index (χ0n) is 11.9. The molecule has 1 aliphatic heterocycles. The Morgan fingerprint density at radius 2 is 2.33 bits per heavy atom. The number of ether oxygens (including phenoxy) is 1. The van der Waals surface area contributed by atoms with E-state index in [1.54, 1.807) is 12.1 Å². The normalized spacial score (nSPS) is 29.6. The van der Waals surface area contributed by atoms with E-state index in [2.05, 4.69) is 4.99 Å². The Morgan fingerprint density at radius 1 is 1.52 bits per heavy atom. The lowest BCUT2D eigenvalue weighted by atomic mass is 10.1. The van der Waals surface area contributed by atoms with Crippen LogP contribution in [0.1, 0.15) is 24.8 Å². The van der Waals surface area contributed by atoms with E-state index < -0.39 is 0 Å². The second-order valence-corrected chi connectivity index (χ2v) is 6.07. The van der Waals surface area contributed by atoms with Gasteiger partial charge in [0.15, 0.2) is 5.96 Å². The maximum Gasteiger partial charge on any atom is 0.191 e. The van der Waals surface area contributed by atoms with Crippen LogP contribution in [0.5, 0.6) is 0 Å². The number of nitrogens with zero attached hydrogens (tertiary/aromatic N) is 2. The minimum atomic E-state index is -0.260. The lowest BCUT2D eigenvalue weighted by molar-refractivity contribution is 0.00528. The molecule has 3 atom stereocenters. The van der Waals surface area contributed by atoms with Crippen LogP contribution in [0, 0.1) is 5.82 Å². The molecule has 6 heteroatoms. The van der Waals surface area contributed by atoms with Crippen LogP contribution in [0.25, 0.3) is 0 Å². The minimum absolute atomic E-state index is 0.0255. The first-order chi connectivity index (χ1) is 10.1. The Hall–Kier alpha value is -1.33. The van der Waals surface area contributed by atoms with E-state index in [0.717, 1.165) is 19.5 Å². The van der Waals surface area contributed by atoms with Gasteiger partial charge in [0.1, 0.15) is 5.82 Å². The molecule has 2 N–H and O–H groups in total. The molecule has 1 aromatic rings. The number of nitrogens with two attached hydrogens (primary N) is 1. The fraction of sp³-hybridized carbons (Fsp3) is 0.533. The fourth-order valence-electron chi connectivity index (χ4n) is 2.78. The van der Waals surface area contributed by atoms with Crippen molar-refractivity contribution in [2.45, 2.75) is 31.4 Å². The fourth-order valence-corrected chi connectivity index (χ4v) is 3.08. The largest absolute Gasteiger partial charge is 0.375 e. The third-order valence-corrected chi connectivity index (χ3v) is 4.32. The molecular weight excluding hydrogens is 293 g/mol. The number of hydrogen-bond donors (Lipinski definition) is 1. The molecule has 4 nitrogen and oxygen atoms in total. The maximum absolute atomic E-state index is 13.9. The summed E-state index contributed by atoms with van der Waals surface area (Å²) in [5.41, 5.74) is 6.63. The van der Waals surface area contributed by atoms with Gasteiger partial charge in [-0.3, -0.25) is 0 Å². The second kappa shape index (κ2) is 5.81. The summed E-state index contributed by atoms with van der Waals surface area (Å²) in [5.74, 6) is 0.296. The van der Waals surface area contributed by atoms with Gasteiger partial charge in [-0.2, -0.15) is 0 Å². The molecule has 0 radical (unpaired) electrons. The average Bonchev–Trinajstić information content (AvgIpc) is 3.17. The van der Waals surface area contributed by atoms with Crippen LogP contribution >= 0.6 is 11.6 Å². The van der Waals surface area contributed by atoms with Crippen LogP contribution in [0.2, 0.25) is 5.02 Å². The Morgan fingerprint density at radius 3 is 3.05 bits per heavy atom. The number of aliphatic imine (C=N–C) groups is 1. The molecule has 1 saturated carbocycles. The van der Waals surface area contributed by atoms with Gasteiger partial charge in [0.05, 0.1) is 18.8 Å². The Bertz CT molecular complexity index is 546. The van der Waals surface area contributed by atoms with Crippen LogP contribution in [0.3, 0.4) is 0 Å². The van der Waals surface area contributed by atoms with Gasteiger partial charge in [-0.25, -0.2) is 9.38 Å². The molecule has 1 aromatic carbocycles. The van der Waals surface area contributed by atoms with Crippen LogP contribution in [0.4, 0.5) is 4.39 Å². The highest BCUT2D eigenvalue weighted by atomic mass is 35.5. The first kappa shape index (κ1) is 14.6. The van der Waals surface area contributed by atoms with Crippen molar-refractivity contribution in [2.24, 2.45) is 10.7 Å². The summed E-state index contributed by atoms with van der Waals surface area (Å²) in [6, 6.07) is 4.79. The molecule has 0 spiro atoms. The molecule has 21 heavy (non-hydrogen) atoms. The number of morpholine rings is 1. The van der Waals surface area contributed by atoms with Crippen LogP contribution in [-0.4, -0.2) is 42.7 Å². The molecule has 3 rings (SSSR count). The first-order valence-electron chi connectivity index (χ1n) is 7.20. The standard InChI is InChI=1S/C15H19ClFN3O/c1-9-8-20(5-6-21-9)15(18)19-13-7-10(13)14-11(16)3-2-4-12(14)17/h2-4,9-10,13H,5-8H2,1H3,(H2,18,19)/t9?,10-,13-/m1/s1. The molecule has 0 amide bonds. The van der Waals surface area contributed by atoms with Crippen molar-refractivity contribution in [1.29, 1.82) is 0 Å². The third kappa shape index (κ3) is 3.14. The number of rotatable bonds is 2. The van der Waals surface area contributed by atoms with Crippen LogP contribution in [-0.2, 0) is 4.74 Å². The highest BCUT2D eigenvalue weighted by Gasteiger charge is 2.42. The smallest absolute Gasteiger partial charge is 0.191 e. The highest BCUT2D eigenvalue weighted by molar-refractivity contribution is 6.31. The predicted molar refractivity (Wildman–Crippen MR) is 81.2 cm³/mol. The summed E-state index contributed by atoms with van der Waals surface area (Å²) in [5, 5.41) is 0.469. The molecule has 114 valence electrons. The Kier molecular flexibility index (Phi) is 4.04. The van der Waals surface area contributed by atoms with E-state index in [0.29, 0.717) is 23.2 Å². The molecule has 2 aliphatic rings. The van der Waals surface area contributed by atoms with Crippen molar-refractivity contribution in [3.05, 3.63) is 34.6 Å².